The zero-order valence-electron chi connectivity index (χ0n) is 13.2. The Morgan fingerprint density at radius 1 is 1.00 bits per heavy atom. The van der Waals surface area contributed by atoms with Crippen LogP contribution in [-0.4, -0.2) is 10.6 Å². The minimum atomic E-state index is -0.701. The second-order valence-corrected chi connectivity index (χ2v) is 5.25. The van der Waals surface area contributed by atoms with Crippen molar-refractivity contribution in [1.29, 1.82) is 0 Å². The lowest BCUT2D eigenvalue weighted by Crippen LogP contribution is -2.32. The summed E-state index contributed by atoms with van der Waals surface area (Å²) in [6, 6.07) is 17.9. The fourth-order valence-corrected chi connectivity index (χ4v) is 2.22. The van der Waals surface area contributed by atoms with Gasteiger partial charge >= 0.3 is 0 Å². The van der Waals surface area contributed by atoms with E-state index in [0.29, 0.717) is 0 Å². The summed E-state index contributed by atoms with van der Waals surface area (Å²) in [5, 5.41) is 2.39. The summed E-state index contributed by atoms with van der Waals surface area (Å²) < 4.78 is 14.6. The van der Waals surface area contributed by atoms with Crippen molar-refractivity contribution in [3.8, 4) is 0 Å². The summed E-state index contributed by atoms with van der Waals surface area (Å²) in [5.74, 6) is -1.28. The highest BCUT2D eigenvalue weighted by molar-refractivity contribution is 6.04. The Kier molecular flexibility index (Phi) is 4.89. The van der Waals surface area contributed by atoms with Crippen molar-refractivity contribution in [2.75, 3.05) is 5.32 Å². The number of hydrogen-bond donors (Lipinski definition) is 1. The van der Waals surface area contributed by atoms with Crippen LogP contribution in [0.5, 0.6) is 0 Å². The first-order chi connectivity index (χ1) is 12.1. The Morgan fingerprint density at radius 3 is 2.48 bits per heavy atom. The summed E-state index contributed by atoms with van der Waals surface area (Å²) in [7, 11) is 0. The van der Waals surface area contributed by atoms with Crippen LogP contribution in [0.15, 0.2) is 77.7 Å². The molecule has 0 atom stereocenters. The van der Waals surface area contributed by atoms with Gasteiger partial charge in [0.1, 0.15) is 18.0 Å². The van der Waals surface area contributed by atoms with Gasteiger partial charge in [-0.15, -0.1) is 0 Å². The Bertz CT molecular complexity index is 939. The zero-order chi connectivity index (χ0) is 17.6. The number of aromatic nitrogens is 1. The molecule has 1 amide bonds. The molecule has 3 aromatic rings. The van der Waals surface area contributed by atoms with Crippen molar-refractivity contribution in [2.24, 2.45) is 0 Å². The number of anilines is 1. The van der Waals surface area contributed by atoms with Gasteiger partial charge in [0.15, 0.2) is 0 Å². The number of benzene rings is 2. The average molecular weight is 338 g/mol. The molecule has 1 heterocycles. The molecule has 0 aliphatic carbocycles. The molecule has 1 aromatic heterocycles. The van der Waals surface area contributed by atoms with Gasteiger partial charge in [0.05, 0.1) is 5.69 Å². The van der Waals surface area contributed by atoms with E-state index in [1.165, 1.54) is 36.5 Å². The third-order valence-electron chi connectivity index (χ3n) is 3.49. The fourth-order valence-electron chi connectivity index (χ4n) is 2.22. The maximum absolute atomic E-state index is 13.6. The minimum Gasteiger partial charge on any atom is -0.406 e. The number of para-hydroxylation sites is 1. The van der Waals surface area contributed by atoms with E-state index in [1.807, 2.05) is 30.3 Å². The van der Waals surface area contributed by atoms with Crippen LogP contribution < -0.4 is 15.7 Å². The first-order valence-corrected chi connectivity index (χ1v) is 7.60. The smallest absolute Gasteiger partial charge is 0.295 e. The summed E-state index contributed by atoms with van der Waals surface area (Å²) in [5.41, 5.74) is 0.134. The molecular formula is C19H15FN2O3. The van der Waals surface area contributed by atoms with Crippen LogP contribution in [-0.2, 0) is 6.61 Å². The van der Waals surface area contributed by atoms with E-state index in [4.69, 9.17) is 4.84 Å². The number of rotatable bonds is 5. The number of pyridine rings is 1. The summed E-state index contributed by atoms with van der Waals surface area (Å²) in [6.45, 7) is 0.180. The monoisotopic (exact) mass is 338 g/mol. The van der Waals surface area contributed by atoms with Gasteiger partial charge in [-0.2, -0.15) is 4.73 Å². The molecule has 0 saturated carbocycles. The van der Waals surface area contributed by atoms with Crippen LogP contribution in [0.4, 0.5) is 10.1 Å². The summed E-state index contributed by atoms with van der Waals surface area (Å²) >= 11 is 0. The third-order valence-corrected chi connectivity index (χ3v) is 3.49. The largest absolute Gasteiger partial charge is 0.406 e. The molecule has 0 unspecified atom stereocenters. The third kappa shape index (κ3) is 3.92. The molecule has 0 aliphatic rings. The van der Waals surface area contributed by atoms with Crippen molar-refractivity contribution in [3.63, 3.8) is 0 Å². The van der Waals surface area contributed by atoms with E-state index in [0.717, 1.165) is 10.3 Å². The Balaban J connectivity index is 1.77. The topological polar surface area (TPSA) is 60.3 Å². The van der Waals surface area contributed by atoms with Gasteiger partial charge in [-0.25, -0.2) is 4.39 Å². The van der Waals surface area contributed by atoms with Crippen LogP contribution in [0.3, 0.4) is 0 Å². The van der Waals surface area contributed by atoms with Crippen molar-refractivity contribution in [3.05, 3.63) is 100 Å². The highest BCUT2D eigenvalue weighted by Gasteiger charge is 2.14. The minimum absolute atomic E-state index is 0.00695. The lowest BCUT2D eigenvalue weighted by atomic mass is 10.2. The number of carbonyl (C=O) groups is 1. The molecule has 2 aromatic carbocycles. The Hall–Kier alpha value is -3.41. The average Bonchev–Trinajstić information content (AvgIpc) is 2.63. The van der Waals surface area contributed by atoms with Crippen LogP contribution in [0.25, 0.3) is 0 Å². The molecule has 0 saturated heterocycles. The Labute approximate surface area is 143 Å². The predicted molar refractivity (Wildman–Crippen MR) is 91.8 cm³/mol. The van der Waals surface area contributed by atoms with Crippen molar-refractivity contribution >= 4 is 11.6 Å². The van der Waals surface area contributed by atoms with Gasteiger partial charge in [0, 0.05) is 6.20 Å². The summed E-state index contributed by atoms with van der Waals surface area (Å²) in [4.78, 5) is 30.1. The summed E-state index contributed by atoms with van der Waals surface area (Å²) in [6.07, 6.45) is 1.42. The van der Waals surface area contributed by atoms with Gasteiger partial charge in [-0.05, 0) is 29.8 Å². The van der Waals surface area contributed by atoms with Crippen LogP contribution in [0.2, 0.25) is 0 Å². The van der Waals surface area contributed by atoms with E-state index in [1.54, 1.807) is 6.07 Å². The maximum Gasteiger partial charge on any atom is 0.295 e. The molecule has 0 aliphatic heterocycles. The molecule has 0 spiro atoms. The molecule has 0 fully saturated rings. The van der Waals surface area contributed by atoms with Gasteiger partial charge in [-0.3, -0.25) is 9.59 Å². The second-order valence-electron chi connectivity index (χ2n) is 5.25. The molecule has 126 valence electrons. The second kappa shape index (κ2) is 7.44. The molecule has 25 heavy (non-hydrogen) atoms. The lowest BCUT2D eigenvalue weighted by Gasteiger charge is -2.10. The van der Waals surface area contributed by atoms with Crippen LogP contribution in [0, 0.1) is 5.82 Å². The lowest BCUT2D eigenvalue weighted by molar-refractivity contribution is 0.0863. The first kappa shape index (κ1) is 16.4. The van der Waals surface area contributed by atoms with E-state index in [2.05, 4.69) is 5.32 Å². The van der Waals surface area contributed by atoms with Gasteiger partial charge in [0.25, 0.3) is 11.5 Å². The van der Waals surface area contributed by atoms with E-state index < -0.39 is 17.3 Å². The number of amides is 1. The highest BCUT2D eigenvalue weighted by atomic mass is 19.1. The Morgan fingerprint density at radius 2 is 1.72 bits per heavy atom. The fraction of sp³-hybridized carbons (Fsp3) is 0.0526. The van der Waals surface area contributed by atoms with E-state index >= 15 is 0 Å². The van der Waals surface area contributed by atoms with Crippen molar-refractivity contribution < 1.29 is 14.0 Å². The van der Waals surface area contributed by atoms with Crippen LogP contribution in [0.1, 0.15) is 15.9 Å². The predicted octanol–water partition coefficient (Wildman–Crippen LogP) is 2.87. The zero-order valence-corrected chi connectivity index (χ0v) is 13.2. The number of nitrogens with zero attached hydrogens (tertiary/aromatic N) is 1. The SMILES string of the molecule is O=C(Nc1ccccc1F)c1cccn(OCc2ccccc2)c1=O. The highest BCUT2D eigenvalue weighted by Crippen LogP contribution is 2.13. The molecule has 0 radical (unpaired) electrons. The van der Waals surface area contributed by atoms with E-state index in [-0.39, 0.29) is 17.9 Å². The van der Waals surface area contributed by atoms with Crippen molar-refractivity contribution in [2.45, 2.75) is 6.61 Å². The normalized spacial score (nSPS) is 10.3. The maximum atomic E-state index is 13.6. The van der Waals surface area contributed by atoms with Gasteiger partial charge in [-0.1, -0.05) is 42.5 Å². The number of nitrogens with one attached hydrogen (secondary N) is 1. The molecule has 5 nitrogen and oxygen atoms in total. The number of carbonyl (C=O) groups excluding carboxylic acids is 1. The molecule has 1 N–H and O–H groups in total. The van der Waals surface area contributed by atoms with Crippen molar-refractivity contribution in [1.82, 2.24) is 4.73 Å². The van der Waals surface area contributed by atoms with Gasteiger partial charge in [0.2, 0.25) is 0 Å². The standard InChI is InChI=1S/C19H15FN2O3/c20-16-10-4-5-11-17(16)21-18(23)15-9-6-12-22(19(15)24)25-13-14-7-2-1-3-8-14/h1-12H,13H2,(H,21,23). The van der Waals surface area contributed by atoms with E-state index in [9.17, 15) is 14.0 Å². The quantitative estimate of drug-likeness (QED) is 0.778. The molecule has 6 heteroatoms. The van der Waals surface area contributed by atoms with Gasteiger partial charge < -0.3 is 10.2 Å². The molecule has 3 rings (SSSR count). The molecular weight excluding hydrogens is 323 g/mol. The molecule has 0 bridgehead atoms. The number of halogens is 1. The first-order valence-electron chi connectivity index (χ1n) is 7.60. The van der Waals surface area contributed by atoms with Crippen LogP contribution >= 0.6 is 0 Å². The number of hydrogen-bond acceptors (Lipinski definition) is 3.